The zero-order valence-electron chi connectivity index (χ0n) is 14.7. The van der Waals surface area contributed by atoms with Crippen LogP contribution in [-0.4, -0.2) is 18.0 Å². The molecule has 0 N–H and O–H groups in total. The van der Waals surface area contributed by atoms with E-state index in [1.54, 1.807) is 6.08 Å². The lowest BCUT2D eigenvalue weighted by Crippen LogP contribution is -2.50. The van der Waals surface area contributed by atoms with E-state index in [1.807, 2.05) is 0 Å². The molecule has 2 saturated carbocycles. The van der Waals surface area contributed by atoms with Gasteiger partial charge in [0.2, 0.25) is 0 Å². The zero-order chi connectivity index (χ0) is 17.1. The number of carbonyl (C=O) groups is 2. The van der Waals surface area contributed by atoms with Crippen molar-refractivity contribution < 1.29 is 19.1 Å². The van der Waals surface area contributed by atoms with Crippen LogP contribution in [0, 0.1) is 28.6 Å². The van der Waals surface area contributed by atoms with Crippen molar-refractivity contribution >= 4 is 11.9 Å². The molecule has 0 bridgehead atoms. The van der Waals surface area contributed by atoms with Gasteiger partial charge in [-0.3, -0.25) is 4.79 Å². The van der Waals surface area contributed by atoms with E-state index < -0.39 is 0 Å². The van der Waals surface area contributed by atoms with Crippen LogP contribution >= 0.6 is 0 Å². The van der Waals surface area contributed by atoms with Crippen LogP contribution in [0.4, 0.5) is 0 Å². The number of allylic oxidation sites excluding steroid dienone is 2. The first-order valence-electron chi connectivity index (χ1n) is 9.13. The Kier molecular flexibility index (Phi) is 3.45. The minimum Gasteiger partial charge on any atom is -0.462 e. The van der Waals surface area contributed by atoms with Gasteiger partial charge >= 0.3 is 11.9 Å². The van der Waals surface area contributed by atoms with E-state index >= 15 is 0 Å². The average Bonchev–Trinajstić information content (AvgIpc) is 2.84. The molecule has 4 nitrogen and oxygen atoms in total. The van der Waals surface area contributed by atoms with E-state index in [0.717, 1.165) is 37.9 Å². The van der Waals surface area contributed by atoms with E-state index in [9.17, 15) is 9.59 Å². The molecule has 0 aromatic carbocycles. The van der Waals surface area contributed by atoms with E-state index in [2.05, 4.69) is 26.0 Å². The Labute approximate surface area is 143 Å². The molecule has 1 heterocycles. The van der Waals surface area contributed by atoms with Crippen LogP contribution in [0.1, 0.15) is 52.9 Å². The molecule has 1 aliphatic heterocycles. The molecule has 0 radical (unpaired) electrons. The van der Waals surface area contributed by atoms with Gasteiger partial charge in [0.15, 0.2) is 0 Å². The summed E-state index contributed by atoms with van der Waals surface area (Å²) in [5, 5.41) is 0. The molecule has 130 valence electrons. The van der Waals surface area contributed by atoms with Gasteiger partial charge in [-0.05, 0) is 62.9 Å². The molecule has 0 aromatic rings. The Balaban J connectivity index is 1.65. The largest absolute Gasteiger partial charge is 0.462 e. The molecular weight excluding hydrogens is 304 g/mol. The molecule has 0 spiro atoms. The summed E-state index contributed by atoms with van der Waals surface area (Å²) in [5.41, 5.74) is -0.0821. The predicted molar refractivity (Wildman–Crippen MR) is 88.6 cm³/mol. The van der Waals surface area contributed by atoms with Crippen LogP contribution < -0.4 is 0 Å². The lowest BCUT2D eigenvalue weighted by Gasteiger charge is -2.55. The van der Waals surface area contributed by atoms with Gasteiger partial charge in [0.25, 0.3) is 0 Å². The summed E-state index contributed by atoms with van der Waals surface area (Å²) in [7, 11) is 0. The van der Waals surface area contributed by atoms with Gasteiger partial charge in [-0.25, -0.2) is 4.79 Å². The maximum absolute atomic E-state index is 11.6. The first kappa shape index (κ1) is 15.9. The van der Waals surface area contributed by atoms with Crippen LogP contribution in [-0.2, 0) is 19.1 Å². The molecule has 0 saturated heterocycles. The highest BCUT2D eigenvalue weighted by molar-refractivity contribution is 5.84. The van der Waals surface area contributed by atoms with Gasteiger partial charge in [0, 0.05) is 23.8 Å². The van der Waals surface area contributed by atoms with Gasteiger partial charge in [-0.2, -0.15) is 0 Å². The first-order chi connectivity index (χ1) is 11.3. The Morgan fingerprint density at radius 1 is 1.25 bits per heavy atom. The van der Waals surface area contributed by atoms with Crippen LogP contribution in [0.3, 0.4) is 0 Å². The van der Waals surface area contributed by atoms with Gasteiger partial charge in [0.05, 0.1) is 0 Å². The lowest BCUT2D eigenvalue weighted by molar-refractivity contribution is -0.156. The molecule has 4 rings (SSSR count). The number of fused-ring (bicyclic) bond motifs is 5. The van der Waals surface area contributed by atoms with Gasteiger partial charge in [0.1, 0.15) is 11.9 Å². The second-order valence-electron chi connectivity index (χ2n) is 8.44. The van der Waals surface area contributed by atoms with Crippen molar-refractivity contribution in [3.8, 4) is 0 Å². The maximum atomic E-state index is 11.6. The van der Waals surface area contributed by atoms with Crippen molar-refractivity contribution in [2.45, 2.75) is 59.0 Å². The second kappa shape index (κ2) is 5.21. The standard InChI is InChI=1S/C20H26O4/c1-12(21)23-16-7-5-14-13-4-6-17-20(3,11-9-18(22)24-17)15(13)8-10-19(14,16)2/h6,9,11,13-16H,4-5,7-8,10H2,1-3H3. The molecule has 3 aliphatic carbocycles. The Morgan fingerprint density at radius 2 is 2.04 bits per heavy atom. The molecule has 24 heavy (non-hydrogen) atoms. The molecule has 6 unspecified atom stereocenters. The molecule has 0 aromatic heterocycles. The van der Waals surface area contributed by atoms with Crippen molar-refractivity contribution in [3.05, 3.63) is 24.0 Å². The summed E-state index contributed by atoms with van der Waals surface area (Å²) in [6.45, 7) is 6.03. The number of rotatable bonds is 1. The highest BCUT2D eigenvalue weighted by atomic mass is 16.5. The van der Waals surface area contributed by atoms with Crippen LogP contribution in [0.5, 0.6) is 0 Å². The van der Waals surface area contributed by atoms with Gasteiger partial charge in [-0.15, -0.1) is 0 Å². The van der Waals surface area contributed by atoms with Gasteiger partial charge in [-0.1, -0.05) is 13.0 Å². The normalized spacial score (nSPS) is 46.3. The Morgan fingerprint density at radius 3 is 2.79 bits per heavy atom. The van der Waals surface area contributed by atoms with Crippen LogP contribution in [0.25, 0.3) is 0 Å². The van der Waals surface area contributed by atoms with E-state index in [-0.39, 0.29) is 28.9 Å². The third-order valence-electron chi connectivity index (χ3n) is 7.31. The Bertz CT molecular complexity index is 648. The summed E-state index contributed by atoms with van der Waals surface area (Å²) in [6.07, 6.45) is 11.1. The third-order valence-corrected chi connectivity index (χ3v) is 7.31. The van der Waals surface area contributed by atoms with Gasteiger partial charge < -0.3 is 9.47 Å². The number of carbonyl (C=O) groups excluding carboxylic acids is 2. The smallest absolute Gasteiger partial charge is 0.335 e. The molecule has 4 aliphatic rings. The number of esters is 2. The van der Waals surface area contributed by atoms with Crippen LogP contribution in [0.15, 0.2) is 24.0 Å². The monoisotopic (exact) mass is 330 g/mol. The molecular formula is C20H26O4. The predicted octanol–water partition coefficient (Wildman–Crippen LogP) is 3.77. The molecule has 2 fully saturated rings. The first-order valence-corrected chi connectivity index (χ1v) is 9.13. The summed E-state index contributed by atoms with van der Waals surface area (Å²) >= 11 is 0. The van der Waals surface area contributed by atoms with Crippen molar-refractivity contribution in [3.63, 3.8) is 0 Å². The van der Waals surface area contributed by atoms with E-state index in [1.165, 1.54) is 6.92 Å². The SMILES string of the molecule is CC(=O)OC1CCC2C3CC=C4OC(=O)C=CC4(C)C3CCC12C. The Hall–Kier alpha value is -1.58. The number of hydrogen-bond donors (Lipinski definition) is 0. The minimum atomic E-state index is -0.256. The lowest BCUT2D eigenvalue weighted by atomic mass is 9.51. The zero-order valence-corrected chi connectivity index (χ0v) is 14.7. The maximum Gasteiger partial charge on any atom is 0.335 e. The highest BCUT2D eigenvalue weighted by Crippen LogP contribution is 2.63. The average molecular weight is 330 g/mol. The summed E-state index contributed by atoms with van der Waals surface area (Å²) in [4.78, 5) is 23.1. The quantitative estimate of drug-likeness (QED) is 0.687. The molecule has 4 heteroatoms. The fraction of sp³-hybridized carbons (Fsp3) is 0.700. The van der Waals surface area contributed by atoms with Crippen molar-refractivity contribution in [2.24, 2.45) is 28.6 Å². The highest BCUT2D eigenvalue weighted by Gasteiger charge is 2.59. The van der Waals surface area contributed by atoms with E-state index in [4.69, 9.17) is 9.47 Å². The molecule has 0 amide bonds. The minimum absolute atomic E-state index is 0.0545. The number of ether oxygens (including phenoxy) is 2. The van der Waals surface area contributed by atoms with Crippen molar-refractivity contribution in [1.29, 1.82) is 0 Å². The molecule has 6 atom stereocenters. The summed E-state index contributed by atoms with van der Waals surface area (Å²) in [5.74, 6) is 2.06. The van der Waals surface area contributed by atoms with E-state index in [0.29, 0.717) is 17.8 Å². The fourth-order valence-electron chi connectivity index (χ4n) is 6.09. The van der Waals surface area contributed by atoms with Crippen molar-refractivity contribution in [1.82, 2.24) is 0 Å². The second-order valence-corrected chi connectivity index (χ2v) is 8.44. The summed E-state index contributed by atoms with van der Waals surface area (Å²) in [6, 6.07) is 0. The topological polar surface area (TPSA) is 52.6 Å². The fourth-order valence-corrected chi connectivity index (χ4v) is 6.09. The third kappa shape index (κ3) is 2.11. The van der Waals surface area contributed by atoms with Crippen molar-refractivity contribution in [2.75, 3.05) is 0 Å². The van der Waals surface area contributed by atoms with Crippen LogP contribution in [0.2, 0.25) is 0 Å². The number of hydrogen-bond acceptors (Lipinski definition) is 4. The summed E-state index contributed by atoms with van der Waals surface area (Å²) < 4.78 is 11.2.